The van der Waals surface area contributed by atoms with Crippen LogP contribution in [0.15, 0.2) is 30.3 Å². The number of hydrogen-bond acceptors (Lipinski definition) is 3. The van der Waals surface area contributed by atoms with Gasteiger partial charge in [0.2, 0.25) is 0 Å². The van der Waals surface area contributed by atoms with E-state index in [0.29, 0.717) is 35.4 Å². The number of amides is 1. The predicted molar refractivity (Wildman–Crippen MR) is 102 cm³/mol. The van der Waals surface area contributed by atoms with E-state index >= 15 is 0 Å². The fraction of sp³-hybridized carbons (Fsp3) is 0.474. The van der Waals surface area contributed by atoms with Crippen molar-refractivity contribution in [3.8, 4) is 0 Å². The molecule has 0 unspecified atom stereocenters. The van der Waals surface area contributed by atoms with Gasteiger partial charge in [-0.2, -0.15) is 5.10 Å². The van der Waals surface area contributed by atoms with Crippen molar-refractivity contribution >= 4 is 17.5 Å². The fourth-order valence-corrected chi connectivity index (χ4v) is 3.16. The number of likely N-dealkylation sites (N-methyl/N-ethyl adjacent to an activating group) is 1. The van der Waals surface area contributed by atoms with Gasteiger partial charge in [-0.25, -0.2) is 0 Å². The highest BCUT2D eigenvalue weighted by atomic mass is 35.5. The molecule has 0 aliphatic heterocycles. The highest BCUT2D eigenvalue weighted by Gasteiger charge is 2.22. The van der Waals surface area contributed by atoms with Gasteiger partial charge in [-0.15, -0.1) is 0 Å². The third kappa shape index (κ3) is 4.83. The zero-order valence-corrected chi connectivity index (χ0v) is 16.3. The summed E-state index contributed by atoms with van der Waals surface area (Å²) in [5.74, 6) is 0.226. The van der Waals surface area contributed by atoms with Gasteiger partial charge in [0.1, 0.15) is 5.15 Å². The normalized spacial score (nSPS) is 12.6. The Balaban J connectivity index is 2.13. The van der Waals surface area contributed by atoms with Crippen molar-refractivity contribution in [3.05, 3.63) is 52.3 Å². The van der Waals surface area contributed by atoms with Gasteiger partial charge in [0, 0.05) is 13.1 Å². The van der Waals surface area contributed by atoms with E-state index in [0.717, 1.165) is 5.56 Å². The fourth-order valence-electron chi connectivity index (χ4n) is 2.83. The van der Waals surface area contributed by atoms with E-state index in [-0.39, 0.29) is 11.9 Å². The molecule has 0 aliphatic rings. The first-order valence-corrected chi connectivity index (χ1v) is 8.91. The number of nitrogens with zero attached hydrogens (tertiary/aromatic N) is 3. The smallest absolute Gasteiger partial charge is 0.256 e. The molecule has 0 radical (unpaired) electrons. The maximum atomic E-state index is 12.7. The zero-order chi connectivity index (χ0) is 18.6. The molecule has 136 valence electrons. The Morgan fingerprint density at radius 2 is 1.92 bits per heavy atom. The van der Waals surface area contributed by atoms with Gasteiger partial charge in [0.15, 0.2) is 0 Å². The number of benzene rings is 1. The van der Waals surface area contributed by atoms with E-state index in [1.54, 1.807) is 4.68 Å². The highest BCUT2D eigenvalue weighted by molar-refractivity contribution is 6.33. The minimum absolute atomic E-state index is 0.0925. The minimum Gasteiger partial charge on any atom is -0.350 e. The van der Waals surface area contributed by atoms with Gasteiger partial charge in [-0.05, 0) is 32.5 Å². The van der Waals surface area contributed by atoms with Crippen LogP contribution in [0, 0.1) is 12.8 Å². The van der Waals surface area contributed by atoms with Crippen molar-refractivity contribution in [2.45, 2.75) is 33.4 Å². The number of rotatable bonds is 7. The van der Waals surface area contributed by atoms with Gasteiger partial charge in [0.05, 0.1) is 17.3 Å². The lowest BCUT2D eigenvalue weighted by molar-refractivity contribution is 0.0941. The van der Waals surface area contributed by atoms with Crippen LogP contribution in [0.2, 0.25) is 5.15 Å². The number of halogens is 1. The molecule has 0 bridgehead atoms. The van der Waals surface area contributed by atoms with Crippen molar-refractivity contribution in [2.75, 3.05) is 20.6 Å². The average Bonchev–Trinajstić information content (AvgIpc) is 2.81. The van der Waals surface area contributed by atoms with Crippen LogP contribution in [0.4, 0.5) is 0 Å². The first-order valence-electron chi connectivity index (χ1n) is 8.53. The number of hydrogen-bond donors (Lipinski definition) is 1. The quantitative estimate of drug-likeness (QED) is 0.819. The Morgan fingerprint density at radius 3 is 2.48 bits per heavy atom. The summed E-state index contributed by atoms with van der Waals surface area (Å²) in [5, 5.41) is 7.82. The number of aromatic nitrogens is 2. The Kier molecular flexibility index (Phi) is 6.62. The lowest BCUT2D eigenvalue weighted by Gasteiger charge is -2.25. The highest BCUT2D eigenvalue weighted by Crippen LogP contribution is 2.22. The molecule has 0 aliphatic carbocycles. The summed E-state index contributed by atoms with van der Waals surface area (Å²) in [7, 11) is 4.01. The number of carbonyl (C=O) groups excluding carboxylic acids is 1. The summed E-state index contributed by atoms with van der Waals surface area (Å²) in [5.41, 5.74) is 2.28. The standard InChI is InChI=1S/C19H27ClN4O/c1-13(2)12-24-18(20)17(14(3)22-24)19(25)21-11-16(23(4)5)15-9-7-6-8-10-15/h6-10,13,16H,11-12H2,1-5H3,(H,21,25)/t16-/m1/s1. The monoisotopic (exact) mass is 362 g/mol. The second kappa shape index (κ2) is 8.50. The SMILES string of the molecule is Cc1nn(CC(C)C)c(Cl)c1C(=O)NC[C@H](c1ccccc1)N(C)C. The number of nitrogens with one attached hydrogen (secondary N) is 1. The molecule has 6 heteroatoms. The van der Waals surface area contributed by atoms with E-state index in [1.165, 1.54) is 0 Å². The third-order valence-corrected chi connectivity index (χ3v) is 4.48. The number of aryl methyl sites for hydroxylation is 1. The molecule has 0 spiro atoms. The van der Waals surface area contributed by atoms with E-state index in [4.69, 9.17) is 11.6 Å². The Bertz CT molecular complexity index is 710. The van der Waals surface area contributed by atoms with Crippen molar-refractivity contribution in [2.24, 2.45) is 5.92 Å². The number of carbonyl (C=O) groups is 1. The summed E-state index contributed by atoms with van der Waals surface area (Å²) in [6.45, 7) is 7.19. The molecule has 2 aromatic rings. The van der Waals surface area contributed by atoms with Gasteiger partial charge in [-0.1, -0.05) is 55.8 Å². The second-order valence-corrected chi connectivity index (χ2v) is 7.29. The van der Waals surface area contributed by atoms with E-state index in [1.807, 2.05) is 39.2 Å². The molecule has 1 heterocycles. The summed E-state index contributed by atoms with van der Waals surface area (Å²) in [6.07, 6.45) is 0. The lowest BCUT2D eigenvalue weighted by atomic mass is 10.1. The summed E-state index contributed by atoms with van der Waals surface area (Å²) in [4.78, 5) is 14.8. The minimum atomic E-state index is -0.180. The largest absolute Gasteiger partial charge is 0.350 e. The first kappa shape index (κ1) is 19.5. The summed E-state index contributed by atoms with van der Waals surface area (Å²) >= 11 is 6.39. The molecule has 0 saturated heterocycles. The maximum Gasteiger partial charge on any atom is 0.256 e. The Morgan fingerprint density at radius 1 is 1.28 bits per heavy atom. The van der Waals surface area contributed by atoms with E-state index in [9.17, 15) is 4.79 Å². The van der Waals surface area contributed by atoms with Crippen LogP contribution in [0.1, 0.15) is 41.5 Å². The van der Waals surface area contributed by atoms with Crippen molar-refractivity contribution in [1.29, 1.82) is 0 Å². The molecule has 1 amide bonds. The molecule has 1 aromatic heterocycles. The summed E-state index contributed by atoms with van der Waals surface area (Å²) in [6, 6.07) is 10.2. The van der Waals surface area contributed by atoms with Crippen LogP contribution >= 0.6 is 11.6 Å². The Labute approximate surface area is 155 Å². The molecule has 1 atom stereocenters. The second-order valence-electron chi connectivity index (χ2n) is 6.93. The average molecular weight is 363 g/mol. The van der Waals surface area contributed by atoms with Crippen LogP contribution in [0.5, 0.6) is 0 Å². The van der Waals surface area contributed by atoms with Gasteiger partial charge >= 0.3 is 0 Å². The summed E-state index contributed by atoms with van der Waals surface area (Å²) < 4.78 is 1.71. The molecule has 5 nitrogen and oxygen atoms in total. The van der Waals surface area contributed by atoms with Gasteiger partial charge in [0.25, 0.3) is 5.91 Å². The molecular weight excluding hydrogens is 336 g/mol. The molecule has 1 N–H and O–H groups in total. The van der Waals surface area contributed by atoms with E-state index in [2.05, 4.69) is 41.3 Å². The van der Waals surface area contributed by atoms with Crippen molar-refractivity contribution in [3.63, 3.8) is 0 Å². The molecule has 1 aromatic carbocycles. The topological polar surface area (TPSA) is 50.2 Å². The van der Waals surface area contributed by atoms with E-state index < -0.39 is 0 Å². The first-order chi connectivity index (χ1) is 11.8. The molecule has 25 heavy (non-hydrogen) atoms. The van der Waals surface area contributed by atoms with Crippen LogP contribution in [0.25, 0.3) is 0 Å². The van der Waals surface area contributed by atoms with Gasteiger partial charge < -0.3 is 10.2 Å². The van der Waals surface area contributed by atoms with Crippen LogP contribution < -0.4 is 5.32 Å². The molecule has 2 rings (SSSR count). The maximum absolute atomic E-state index is 12.7. The van der Waals surface area contributed by atoms with Gasteiger partial charge in [-0.3, -0.25) is 9.48 Å². The molecular formula is C19H27ClN4O. The Hall–Kier alpha value is -1.85. The molecule has 0 fully saturated rings. The van der Waals surface area contributed by atoms with Crippen LogP contribution in [-0.4, -0.2) is 41.2 Å². The van der Waals surface area contributed by atoms with Crippen LogP contribution in [-0.2, 0) is 6.54 Å². The van der Waals surface area contributed by atoms with Crippen LogP contribution in [0.3, 0.4) is 0 Å². The predicted octanol–water partition coefficient (Wildman–Crippen LogP) is 3.53. The van der Waals surface area contributed by atoms with Crippen molar-refractivity contribution in [1.82, 2.24) is 20.0 Å². The zero-order valence-electron chi connectivity index (χ0n) is 15.6. The molecule has 0 saturated carbocycles. The third-order valence-electron chi connectivity index (χ3n) is 4.09. The lowest BCUT2D eigenvalue weighted by Crippen LogP contribution is -2.34. The van der Waals surface area contributed by atoms with Crippen molar-refractivity contribution < 1.29 is 4.79 Å².